The molecular formula is C50H85NaO7S. The number of benzene rings is 1. The maximum atomic E-state index is 13.0. The smallest absolute Gasteiger partial charge is 0.744 e. The van der Waals surface area contributed by atoms with E-state index in [0.717, 1.165) is 57.4 Å². The standard InChI is InChI=1S/C50H86O7S.Na/c1-3-5-7-9-11-13-15-17-19-21-23-25-27-29-31-33-35-37-39-44-56-49(51)46-42-41-43-47(58(53,54)55)48(46)50(52)57-45-40-38-36-34-32-30-28-26-24-22-20-18-16-14-12-10-8-6-4-2;/h3-4,41-43H,1-2,5-40,44-45H2,(H,53,54,55);/q;+1/p-1. The molecule has 7 nitrogen and oxygen atoms in total. The summed E-state index contributed by atoms with van der Waals surface area (Å²) in [6, 6.07) is 3.64. The predicted octanol–water partition coefficient (Wildman–Crippen LogP) is 12.3. The Kier molecular flexibility index (Phi) is 40.9. The van der Waals surface area contributed by atoms with E-state index < -0.39 is 32.5 Å². The fourth-order valence-electron chi connectivity index (χ4n) is 7.68. The number of carbonyl (C=O) groups is 2. The number of allylic oxidation sites excluding steroid dienone is 2. The topological polar surface area (TPSA) is 110 Å². The molecule has 0 atom stereocenters. The van der Waals surface area contributed by atoms with Crippen LogP contribution in [0.5, 0.6) is 0 Å². The van der Waals surface area contributed by atoms with Crippen molar-refractivity contribution in [3.8, 4) is 0 Å². The third kappa shape index (κ3) is 33.8. The van der Waals surface area contributed by atoms with Gasteiger partial charge in [0.15, 0.2) is 0 Å². The zero-order chi connectivity index (χ0) is 42.2. The van der Waals surface area contributed by atoms with Crippen molar-refractivity contribution >= 4 is 22.1 Å². The Balaban J connectivity index is 0.0000336. The van der Waals surface area contributed by atoms with Gasteiger partial charge in [-0.15, -0.1) is 13.2 Å². The Morgan fingerprint density at radius 1 is 0.458 bits per heavy atom. The van der Waals surface area contributed by atoms with Crippen LogP contribution in [0.2, 0.25) is 0 Å². The van der Waals surface area contributed by atoms with Crippen molar-refractivity contribution in [1.82, 2.24) is 0 Å². The Morgan fingerprint density at radius 2 is 0.729 bits per heavy atom. The summed E-state index contributed by atoms with van der Waals surface area (Å²) >= 11 is 0. The van der Waals surface area contributed by atoms with Crippen LogP contribution in [0, 0.1) is 0 Å². The first-order valence-electron chi connectivity index (χ1n) is 24.0. The molecule has 0 bridgehead atoms. The normalized spacial score (nSPS) is 11.3. The first-order valence-corrected chi connectivity index (χ1v) is 25.4. The molecule has 0 heterocycles. The molecule has 0 fully saturated rings. The summed E-state index contributed by atoms with van der Waals surface area (Å²) in [7, 11) is -5.02. The van der Waals surface area contributed by atoms with Gasteiger partial charge in [0.25, 0.3) is 0 Å². The van der Waals surface area contributed by atoms with Crippen LogP contribution in [0.3, 0.4) is 0 Å². The van der Waals surface area contributed by atoms with Gasteiger partial charge in [0.2, 0.25) is 0 Å². The summed E-state index contributed by atoms with van der Waals surface area (Å²) in [4.78, 5) is 25.3. The summed E-state index contributed by atoms with van der Waals surface area (Å²) in [5.41, 5.74) is -0.773. The van der Waals surface area contributed by atoms with Crippen LogP contribution in [-0.4, -0.2) is 38.1 Å². The molecule has 0 unspecified atom stereocenters. The second-order valence-corrected chi connectivity index (χ2v) is 17.9. The first-order chi connectivity index (χ1) is 28.3. The van der Waals surface area contributed by atoms with Gasteiger partial charge in [-0.25, -0.2) is 18.0 Å². The van der Waals surface area contributed by atoms with Crippen LogP contribution >= 0.6 is 0 Å². The zero-order valence-corrected chi connectivity index (χ0v) is 40.8. The minimum atomic E-state index is -5.02. The molecule has 59 heavy (non-hydrogen) atoms. The van der Waals surface area contributed by atoms with E-state index in [2.05, 4.69) is 13.2 Å². The van der Waals surface area contributed by atoms with Crippen LogP contribution in [0.25, 0.3) is 0 Å². The number of hydrogen-bond donors (Lipinski definition) is 0. The molecule has 0 N–H and O–H groups in total. The fraction of sp³-hybridized carbons (Fsp3) is 0.760. The van der Waals surface area contributed by atoms with Crippen molar-refractivity contribution in [2.75, 3.05) is 13.2 Å². The summed E-state index contributed by atoms with van der Waals surface area (Å²) in [6.45, 7) is 7.82. The average molecular weight is 853 g/mol. The minimum Gasteiger partial charge on any atom is -0.744 e. The molecule has 334 valence electrons. The predicted molar refractivity (Wildman–Crippen MR) is 242 cm³/mol. The van der Waals surface area contributed by atoms with E-state index >= 15 is 0 Å². The molecule has 0 radical (unpaired) electrons. The maximum Gasteiger partial charge on any atom is 1.00 e. The van der Waals surface area contributed by atoms with Gasteiger partial charge in [0, 0.05) is 0 Å². The summed E-state index contributed by atoms with van der Waals surface area (Å²) < 4.78 is 46.9. The van der Waals surface area contributed by atoms with Gasteiger partial charge in [-0.05, 0) is 50.7 Å². The van der Waals surface area contributed by atoms with Crippen LogP contribution in [0.15, 0.2) is 48.4 Å². The number of rotatable bonds is 43. The third-order valence-electron chi connectivity index (χ3n) is 11.3. The number of ether oxygens (including phenoxy) is 2. The third-order valence-corrected chi connectivity index (χ3v) is 12.2. The monoisotopic (exact) mass is 853 g/mol. The zero-order valence-electron chi connectivity index (χ0n) is 37.9. The maximum absolute atomic E-state index is 13.0. The Morgan fingerprint density at radius 3 is 1.02 bits per heavy atom. The van der Waals surface area contributed by atoms with Gasteiger partial charge in [-0.1, -0.05) is 211 Å². The molecule has 0 aliphatic rings. The molecule has 0 aliphatic carbocycles. The van der Waals surface area contributed by atoms with Crippen molar-refractivity contribution in [3.05, 3.63) is 54.6 Å². The van der Waals surface area contributed by atoms with Crippen LogP contribution < -0.4 is 29.6 Å². The largest absolute Gasteiger partial charge is 1.00 e. The van der Waals surface area contributed by atoms with Crippen molar-refractivity contribution in [2.24, 2.45) is 0 Å². The van der Waals surface area contributed by atoms with Gasteiger partial charge >= 0.3 is 41.5 Å². The molecule has 0 aliphatic heterocycles. The minimum absolute atomic E-state index is 0. The van der Waals surface area contributed by atoms with E-state index in [9.17, 15) is 22.6 Å². The summed E-state index contributed by atoms with van der Waals surface area (Å²) in [5.74, 6) is -1.81. The molecule has 1 aromatic carbocycles. The Bertz CT molecular complexity index is 1280. The van der Waals surface area contributed by atoms with Crippen molar-refractivity contribution < 1.29 is 61.6 Å². The van der Waals surface area contributed by atoms with Gasteiger partial charge in [0.1, 0.15) is 10.1 Å². The van der Waals surface area contributed by atoms with Crippen molar-refractivity contribution in [2.45, 2.75) is 236 Å². The van der Waals surface area contributed by atoms with Gasteiger partial charge < -0.3 is 14.0 Å². The average Bonchev–Trinajstić information content (AvgIpc) is 3.21. The van der Waals surface area contributed by atoms with Crippen LogP contribution in [0.4, 0.5) is 0 Å². The van der Waals surface area contributed by atoms with Crippen LogP contribution in [-0.2, 0) is 19.6 Å². The number of hydrogen-bond acceptors (Lipinski definition) is 7. The number of carbonyl (C=O) groups excluding carboxylic acids is 2. The molecular weight excluding hydrogens is 768 g/mol. The molecule has 0 saturated heterocycles. The number of unbranched alkanes of at least 4 members (excludes halogenated alkanes) is 34. The molecule has 0 spiro atoms. The van der Waals surface area contributed by atoms with Crippen molar-refractivity contribution in [3.63, 3.8) is 0 Å². The fourth-order valence-corrected chi connectivity index (χ4v) is 8.37. The van der Waals surface area contributed by atoms with Crippen LogP contribution in [0.1, 0.15) is 252 Å². The van der Waals surface area contributed by atoms with Gasteiger partial charge in [-0.3, -0.25) is 0 Å². The molecule has 0 amide bonds. The first kappa shape index (κ1) is 57.5. The molecule has 0 aromatic heterocycles. The van der Waals surface area contributed by atoms with E-state index in [1.54, 1.807) is 0 Å². The van der Waals surface area contributed by atoms with E-state index in [1.807, 2.05) is 12.2 Å². The Hall–Kier alpha value is -1.45. The Labute approximate surface area is 385 Å². The summed E-state index contributed by atoms with van der Waals surface area (Å²) in [6.07, 6.45) is 48.3. The SMILES string of the molecule is C=CCCCCCCCCCCCCCCCCCCCOC(=O)c1cccc(S(=O)(=O)[O-])c1C(=O)OCCCCCCCCCCCCCCCCCCCC=C.[Na+]. The van der Waals surface area contributed by atoms with Gasteiger partial charge in [0.05, 0.1) is 29.2 Å². The van der Waals surface area contributed by atoms with E-state index in [0.29, 0.717) is 12.8 Å². The molecule has 0 saturated carbocycles. The molecule has 9 heteroatoms. The van der Waals surface area contributed by atoms with E-state index in [-0.39, 0.29) is 48.3 Å². The van der Waals surface area contributed by atoms with Crippen molar-refractivity contribution in [1.29, 1.82) is 0 Å². The number of esters is 2. The second-order valence-electron chi connectivity index (χ2n) is 16.6. The van der Waals surface area contributed by atoms with E-state index in [4.69, 9.17) is 9.47 Å². The van der Waals surface area contributed by atoms with Gasteiger partial charge in [-0.2, -0.15) is 0 Å². The quantitative estimate of drug-likeness (QED) is 0.0211. The molecule has 1 rings (SSSR count). The molecule has 1 aromatic rings. The summed E-state index contributed by atoms with van der Waals surface area (Å²) in [5, 5.41) is 0. The second kappa shape index (κ2) is 41.9. The van der Waals surface area contributed by atoms with E-state index in [1.165, 1.54) is 179 Å².